The molecule has 6 heteroatoms. The molecule has 6 nitrogen and oxygen atoms in total. The number of hydrogen-bond donors (Lipinski definition) is 3. The van der Waals surface area contributed by atoms with Crippen molar-refractivity contribution in [2.75, 3.05) is 6.54 Å². The number of H-pyrrole nitrogens is 1. The normalized spacial score (nSPS) is 17.9. The van der Waals surface area contributed by atoms with Crippen LogP contribution >= 0.6 is 0 Å². The van der Waals surface area contributed by atoms with Crippen molar-refractivity contribution in [3.05, 3.63) is 17.5 Å². The summed E-state index contributed by atoms with van der Waals surface area (Å²) in [7, 11) is 0. The number of aromatic amines is 1. The van der Waals surface area contributed by atoms with Gasteiger partial charge >= 0.3 is 5.97 Å². The highest BCUT2D eigenvalue weighted by Crippen LogP contribution is 2.36. The third-order valence-corrected chi connectivity index (χ3v) is 3.93. The van der Waals surface area contributed by atoms with Gasteiger partial charge in [-0.1, -0.05) is 19.3 Å². The van der Waals surface area contributed by atoms with Gasteiger partial charge in [-0.2, -0.15) is 5.10 Å². The van der Waals surface area contributed by atoms with Crippen LogP contribution in [-0.2, 0) is 4.79 Å². The minimum atomic E-state index is -0.809. The summed E-state index contributed by atoms with van der Waals surface area (Å²) in [5, 5.41) is 18.6. The topological polar surface area (TPSA) is 95.1 Å². The van der Waals surface area contributed by atoms with E-state index in [1.807, 2.05) is 0 Å². The van der Waals surface area contributed by atoms with E-state index in [1.54, 1.807) is 6.92 Å². The highest BCUT2D eigenvalue weighted by molar-refractivity contribution is 5.95. The van der Waals surface area contributed by atoms with Gasteiger partial charge in [0.2, 0.25) is 0 Å². The first-order valence-corrected chi connectivity index (χ1v) is 6.57. The molecule has 0 aromatic carbocycles. The largest absolute Gasteiger partial charge is 0.481 e. The molecule has 1 aliphatic carbocycles. The zero-order chi connectivity index (χ0) is 13.9. The first-order chi connectivity index (χ1) is 9.05. The Kier molecular flexibility index (Phi) is 3.87. The molecule has 104 valence electrons. The van der Waals surface area contributed by atoms with Crippen molar-refractivity contribution in [3.8, 4) is 0 Å². The van der Waals surface area contributed by atoms with Gasteiger partial charge in [0.05, 0.1) is 17.2 Å². The molecule has 1 amide bonds. The lowest BCUT2D eigenvalue weighted by atomic mass is 9.74. The van der Waals surface area contributed by atoms with E-state index in [9.17, 15) is 14.7 Å². The van der Waals surface area contributed by atoms with Crippen molar-refractivity contribution in [3.63, 3.8) is 0 Å². The summed E-state index contributed by atoms with van der Waals surface area (Å²) in [6.45, 7) is 1.95. The first kappa shape index (κ1) is 13.6. The second kappa shape index (κ2) is 5.42. The Morgan fingerprint density at radius 2 is 2.11 bits per heavy atom. The Hall–Kier alpha value is -1.85. The van der Waals surface area contributed by atoms with Crippen molar-refractivity contribution in [1.82, 2.24) is 15.5 Å². The molecule has 2 rings (SSSR count). The Balaban J connectivity index is 2.02. The van der Waals surface area contributed by atoms with Gasteiger partial charge in [-0.25, -0.2) is 0 Å². The average Bonchev–Trinajstić information content (AvgIpc) is 2.83. The van der Waals surface area contributed by atoms with Crippen molar-refractivity contribution < 1.29 is 14.7 Å². The van der Waals surface area contributed by atoms with Crippen LogP contribution in [0.3, 0.4) is 0 Å². The van der Waals surface area contributed by atoms with Crippen LogP contribution in [0, 0.1) is 12.3 Å². The van der Waals surface area contributed by atoms with Gasteiger partial charge in [0.25, 0.3) is 5.91 Å². The molecule has 1 saturated carbocycles. The average molecular weight is 265 g/mol. The van der Waals surface area contributed by atoms with Gasteiger partial charge < -0.3 is 10.4 Å². The van der Waals surface area contributed by atoms with E-state index in [0.29, 0.717) is 24.1 Å². The number of aromatic nitrogens is 2. The molecule has 0 radical (unpaired) electrons. The zero-order valence-corrected chi connectivity index (χ0v) is 11.0. The number of carboxylic acids is 1. The van der Waals surface area contributed by atoms with Crippen molar-refractivity contribution in [2.45, 2.75) is 39.0 Å². The van der Waals surface area contributed by atoms with Gasteiger partial charge in [-0.05, 0) is 19.8 Å². The molecule has 0 spiro atoms. The number of carbonyl (C=O) groups is 2. The number of hydrogen-bond acceptors (Lipinski definition) is 3. The monoisotopic (exact) mass is 265 g/mol. The molecule has 0 aliphatic heterocycles. The summed E-state index contributed by atoms with van der Waals surface area (Å²) in [5.74, 6) is -1.08. The van der Waals surface area contributed by atoms with Crippen molar-refractivity contribution in [1.29, 1.82) is 0 Å². The standard InChI is InChI=1S/C13H19N3O3/c1-9-10(7-15-16-9)11(17)14-8-13(12(18)19)5-3-2-4-6-13/h7H,2-6,8H2,1H3,(H,14,17)(H,15,16)(H,18,19). The molecule has 0 atom stereocenters. The second-order valence-electron chi connectivity index (χ2n) is 5.24. The summed E-state index contributed by atoms with van der Waals surface area (Å²) in [5.41, 5.74) is 0.354. The second-order valence-corrected chi connectivity index (χ2v) is 5.24. The van der Waals surface area contributed by atoms with Crippen LogP contribution in [0.4, 0.5) is 0 Å². The Morgan fingerprint density at radius 1 is 1.42 bits per heavy atom. The highest BCUT2D eigenvalue weighted by Gasteiger charge is 2.39. The van der Waals surface area contributed by atoms with Crippen LogP contribution in [0.25, 0.3) is 0 Å². The summed E-state index contributed by atoms with van der Waals surface area (Å²) in [6.07, 6.45) is 5.61. The Bertz CT molecular complexity index is 475. The Morgan fingerprint density at radius 3 is 2.63 bits per heavy atom. The molecule has 19 heavy (non-hydrogen) atoms. The molecule has 1 fully saturated rings. The lowest BCUT2D eigenvalue weighted by Gasteiger charge is -2.33. The number of aryl methyl sites for hydroxylation is 1. The van der Waals surface area contributed by atoms with Crippen LogP contribution < -0.4 is 5.32 Å². The minimum absolute atomic E-state index is 0.186. The fraction of sp³-hybridized carbons (Fsp3) is 0.615. The molecule has 1 aliphatic rings. The lowest BCUT2D eigenvalue weighted by Crippen LogP contribution is -2.44. The SMILES string of the molecule is Cc1[nH]ncc1C(=O)NCC1(C(=O)O)CCCCC1. The van der Waals surface area contributed by atoms with E-state index in [1.165, 1.54) is 6.20 Å². The third kappa shape index (κ3) is 2.77. The van der Waals surface area contributed by atoms with E-state index in [2.05, 4.69) is 15.5 Å². The van der Waals surface area contributed by atoms with Crippen LogP contribution in [-0.4, -0.2) is 33.7 Å². The van der Waals surface area contributed by atoms with Gasteiger partial charge in [0.15, 0.2) is 0 Å². The maximum absolute atomic E-state index is 12.0. The molecule has 1 aromatic rings. The quantitative estimate of drug-likeness (QED) is 0.768. The van der Waals surface area contributed by atoms with E-state index in [4.69, 9.17) is 0 Å². The maximum atomic E-state index is 12.0. The summed E-state index contributed by atoms with van der Waals surface area (Å²) >= 11 is 0. The summed E-state index contributed by atoms with van der Waals surface area (Å²) < 4.78 is 0. The van der Waals surface area contributed by atoms with Gasteiger partial charge in [-0.3, -0.25) is 14.7 Å². The lowest BCUT2D eigenvalue weighted by molar-refractivity contribution is -0.150. The van der Waals surface area contributed by atoms with Gasteiger partial charge in [-0.15, -0.1) is 0 Å². The van der Waals surface area contributed by atoms with Gasteiger partial charge in [0, 0.05) is 12.2 Å². The summed E-state index contributed by atoms with van der Waals surface area (Å²) in [4.78, 5) is 23.4. The Labute approximate surface area is 111 Å². The number of rotatable bonds is 4. The third-order valence-electron chi connectivity index (χ3n) is 3.93. The first-order valence-electron chi connectivity index (χ1n) is 6.57. The minimum Gasteiger partial charge on any atom is -0.481 e. The van der Waals surface area contributed by atoms with Crippen LogP contribution in [0.15, 0.2) is 6.20 Å². The highest BCUT2D eigenvalue weighted by atomic mass is 16.4. The van der Waals surface area contributed by atoms with Crippen LogP contribution in [0.1, 0.15) is 48.2 Å². The maximum Gasteiger partial charge on any atom is 0.311 e. The predicted octanol–water partition coefficient (Wildman–Crippen LogP) is 1.48. The van der Waals surface area contributed by atoms with Crippen molar-refractivity contribution in [2.24, 2.45) is 5.41 Å². The van der Waals surface area contributed by atoms with E-state index >= 15 is 0 Å². The van der Waals surface area contributed by atoms with Crippen LogP contribution in [0.5, 0.6) is 0 Å². The molecule has 3 N–H and O–H groups in total. The number of aliphatic carboxylic acids is 1. The molecule has 1 heterocycles. The van der Waals surface area contributed by atoms with Gasteiger partial charge in [0.1, 0.15) is 0 Å². The summed E-state index contributed by atoms with van der Waals surface area (Å²) in [6, 6.07) is 0. The fourth-order valence-corrected chi connectivity index (χ4v) is 2.62. The number of amides is 1. The molecule has 0 saturated heterocycles. The van der Waals surface area contributed by atoms with E-state index in [-0.39, 0.29) is 12.5 Å². The van der Waals surface area contributed by atoms with Crippen molar-refractivity contribution >= 4 is 11.9 Å². The number of nitrogens with one attached hydrogen (secondary N) is 2. The number of nitrogens with zero attached hydrogens (tertiary/aromatic N) is 1. The molecule has 0 unspecified atom stereocenters. The van der Waals surface area contributed by atoms with E-state index in [0.717, 1.165) is 19.3 Å². The smallest absolute Gasteiger partial charge is 0.311 e. The zero-order valence-electron chi connectivity index (χ0n) is 11.0. The van der Waals surface area contributed by atoms with Crippen LogP contribution in [0.2, 0.25) is 0 Å². The number of carbonyl (C=O) groups excluding carboxylic acids is 1. The predicted molar refractivity (Wildman–Crippen MR) is 68.8 cm³/mol. The molecule has 1 aromatic heterocycles. The molecule has 0 bridgehead atoms. The molecular formula is C13H19N3O3. The fourth-order valence-electron chi connectivity index (χ4n) is 2.62. The molecular weight excluding hydrogens is 246 g/mol. The number of carboxylic acid groups (broad SMARTS) is 1. The van der Waals surface area contributed by atoms with E-state index < -0.39 is 11.4 Å².